The molecule has 0 aliphatic rings. The van der Waals surface area contributed by atoms with Crippen molar-refractivity contribution in [2.45, 2.75) is 78.1 Å². The van der Waals surface area contributed by atoms with Crippen molar-refractivity contribution in [1.82, 2.24) is 0 Å². The Kier molecular flexibility index (Phi) is 11.6. The molecule has 22 heavy (non-hydrogen) atoms. The summed E-state index contributed by atoms with van der Waals surface area (Å²) in [6.45, 7) is 6.03. The number of benzene rings is 1. The Labute approximate surface area is 137 Å². The fourth-order valence-corrected chi connectivity index (χ4v) is 2.41. The van der Waals surface area contributed by atoms with Crippen molar-refractivity contribution in [1.29, 1.82) is 0 Å². The summed E-state index contributed by atoms with van der Waals surface area (Å²) in [4.78, 5) is 0. The SMILES string of the molecule is CCCCCCCOc1c[c]ccc1OCCCCCCC. The Balaban J connectivity index is 2.20. The van der Waals surface area contributed by atoms with Gasteiger partial charge in [0, 0.05) is 0 Å². The monoisotopic (exact) mass is 305 g/mol. The molecule has 0 atom stereocenters. The predicted octanol–water partition coefficient (Wildman–Crippen LogP) is 6.19. The van der Waals surface area contributed by atoms with Crippen LogP contribution in [-0.4, -0.2) is 13.2 Å². The minimum atomic E-state index is 0.772. The molecule has 1 aromatic rings. The highest BCUT2D eigenvalue weighted by atomic mass is 16.5. The van der Waals surface area contributed by atoms with E-state index in [-0.39, 0.29) is 0 Å². The van der Waals surface area contributed by atoms with E-state index in [2.05, 4.69) is 19.9 Å². The van der Waals surface area contributed by atoms with Crippen molar-refractivity contribution in [3.63, 3.8) is 0 Å². The molecule has 0 heterocycles. The maximum Gasteiger partial charge on any atom is 0.161 e. The van der Waals surface area contributed by atoms with Gasteiger partial charge in [-0.3, -0.25) is 0 Å². The number of rotatable bonds is 14. The predicted molar refractivity (Wildman–Crippen MR) is 93.8 cm³/mol. The van der Waals surface area contributed by atoms with Gasteiger partial charge in [0.05, 0.1) is 13.2 Å². The molecule has 1 rings (SSSR count). The van der Waals surface area contributed by atoms with Crippen molar-refractivity contribution >= 4 is 0 Å². The molecule has 0 amide bonds. The lowest BCUT2D eigenvalue weighted by Crippen LogP contribution is -2.02. The van der Waals surface area contributed by atoms with Crippen LogP contribution in [0, 0.1) is 6.07 Å². The first kappa shape index (κ1) is 18.9. The number of unbranched alkanes of at least 4 members (excludes halogenated alkanes) is 8. The minimum absolute atomic E-state index is 0.772. The highest BCUT2D eigenvalue weighted by molar-refractivity contribution is 5.38. The van der Waals surface area contributed by atoms with E-state index >= 15 is 0 Å². The van der Waals surface area contributed by atoms with E-state index in [1.165, 1.54) is 51.4 Å². The number of hydrogen-bond acceptors (Lipinski definition) is 2. The molecule has 0 unspecified atom stereocenters. The summed E-state index contributed by atoms with van der Waals surface area (Å²) in [7, 11) is 0. The standard InChI is InChI=1S/C20H33O2/c1-3-5-7-9-13-17-21-19-15-11-12-16-20(19)22-18-14-10-8-6-4-2/h11,15-16H,3-10,13-14,17-18H2,1-2H3. The molecule has 0 fully saturated rings. The topological polar surface area (TPSA) is 18.5 Å². The Morgan fingerprint density at radius 3 is 1.86 bits per heavy atom. The van der Waals surface area contributed by atoms with Gasteiger partial charge in [-0.1, -0.05) is 71.3 Å². The van der Waals surface area contributed by atoms with E-state index < -0.39 is 0 Å². The van der Waals surface area contributed by atoms with Gasteiger partial charge in [0.1, 0.15) is 0 Å². The molecule has 2 nitrogen and oxygen atoms in total. The van der Waals surface area contributed by atoms with Gasteiger partial charge in [0.25, 0.3) is 0 Å². The molecule has 0 bridgehead atoms. The summed E-state index contributed by atoms with van der Waals surface area (Å²) in [5, 5.41) is 0. The van der Waals surface area contributed by atoms with Gasteiger partial charge in [-0.2, -0.15) is 0 Å². The Bertz CT molecular complexity index is 327. The first-order chi connectivity index (χ1) is 10.9. The largest absolute Gasteiger partial charge is 0.490 e. The molecule has 1 aromatic carbocycles. The van der Waals surface area contributed by atoms with Crippen LogP contribution >= 0.6 is 0 Å². The first-order valence-electron chi connectivity index (χ1n) is 9.14. The zero-order valence-electron chi connectivity index (χ0n) is 14.5. The van der Waals surface area contributed by atoms with E-state index in [1.807, 2.05) is 18.2 Å². The van der Waals surface area contributed by atoms with Crippen LogP contribution in [0.5, 0.6) is 11.5 Å². The lowest BCUT2D eigenvalue weighted by atomic mass is 10.2. The summed E-state index contributed by atoms with van der Waals surface area (Å²) < 4.78 is 11.7. The summed E-state index contributed by atoms with van der Waals surface area (Å²) in [5.74, 6) is 1.70. The molecule has 2 heteroatoms. The quantitative estimate of drug-likeness (QED) is 0.382. The second-order valence-corrected chi connectivity index (χ2v) is 5.90. The van der Waals surface area contributed by atoms with E-state index in [9.17, 15) is 0 Å². The van der Waals surface area contributed by atoms with Crippen LogP contribution in [0.2, 0.25) is 0 Å². The van der Waals surface area contributed by atoms with Crippen molar-refractivity contribution < 1.29 is 9.47 Å². The van der Waals surface area contributed by atoms with Gasteiger partial charge in [-0.15, -0.1) is 0 Å². The molecule has 1 radical (unpaired) electrons. The van der Waals surface area contributed by atoms with Gasteiger partial charge < -0.3 is 9.47 Å². The van der Waals surface area contributed by atoms with Crippen LogP contribution in [0.15, 0.2) is 18.2 Å². The van der Waals surface area contributed by atoms with Crippen molar-refractivity contribution in [3.8, 4) is 11.5 Å². The lowest BCUT2D eigenvalue weighted by Gasteiger charge is -2.12. The fraction of sp³-hybridized carbons (Fsp3) is 0.700. The second kappa shape index (κ2) is 13.5. The third-order valence-corrected chi connectivity index (χ3v) is 3.80. The first-order valence-corrected chi connectivity index (χ1v) is 9.14. The Morgan fingerprint density at radius 2 is 1.27 bits per heavy atom. The summed E-state index contributed by atoms with van der Waals surface area (Å²) in [6, 6.07) is 8.81. The van der Waals surface area contributed by atoms with Crippen LogP contribution in [0.4, 0.5) is 0 Å². The third-order valence-electron chi connectivity index (χ3n) is 3.80. The van der Waals surface area contributed by atoms with E-state index in [1.54, 1.807) is 0 Å². The summed E-state index contributed by atoms with van der Waals surface area (Å²) in [5.41, 5.74) is 0. The average molecular weight is 305 g/mol. The summed E-state index contributed by atoms with van der Waals surface area (Å²) >= 11 is 0. The molecule has 0 spiro atoms. The number of hydrogen-bond donors (Lipinski definition) is 0. The molecule has 0 aliphatic carbocycles. The van der Waals surface area contributed by atoms with E-state index in [0.717, 1.165) is 37.6 Å². The zero-order chi connectivity index (χ0) is 15.9. The van der Waals surface area contributed by atoms with Gasteiger partial charge in [-0.05, 0) is 31.0 Å². The third kappa shape index (κ3) is 8.96. The maximum absolute atomic E-state index is 5.87. The average Bonchev–Trinajstić information content (AvgIpc) is 2.55. The molecule has 0 aliphatic heterocycles. The highest BCUT2D eigenvalue weighted by Gasteiger charge is 2.04. The van der Waals surface area contributed by atoms with Crippen LogP contribution in [-0.2, 0) is 0 Å². The molecular weight excluding hydrogens is 272 g/mol. The Hall–Kier alpha value is -1.18. The Morgan fingerprint density at radius 1 is 0.727 bits per heavy atom. The molecular formula is C20H33O2. The van der Waals surface area contributed by atoms with Crippen LogP contribution in [0.1, 0.15) is 78.1 Å². The van der Waals surface area contributed by atoms with E-state index in [4.69, 9.17) is 9.47 Å². The maximum atomic E-state index is 5.87. The van der Waals surface area contributed by atoms with Crippen molar-refractivity contribution in [2.24, 2.45) is 0 Å². The molecule has 125 valence electrons. The normalized spacial score (nSPS) is 10.6. The van der Waals surface area contributed by atoms with Crippen LogP contribution in [0.3, 0.4) is 0 Å². The van der Waals surface area contributed by atoms with Crippen LogP contribution < -0.4 is 9.47 Å². The second-order valence-electron chi connectivity index (χ2n) is 5.90. The minimum Gasteiger partial charge on any atom is -0.490 e. The van der Waals surface area contributed by atoms with Crippen molar-refractivity contribution in [3.05, 3.63) is 24.3 Å². The van der Waals surface area contributed by atoms with Crippen molar-refractivity contribution in [2.75, 3.05) is 13.2 Å². The zero-order valence-corrected chi connectivity index (χ0v) is 14.5. The lowest BCUT2D eigenvalue weighted by molar-refractivity contribution is 0.258. The summed E-state index contributed by atoms with van der Waals surface area (Å²) in [6.07, 6.45) is 12.6. The highest BCUT2D eigenvalue weighted by Crippen LogP contribution is 2.26. The molecule has 0 N–H and O–H groups in total. The van der Waals surface area contributed by atoms with E-state index in [0.29, 0.717) is 0 Å². The van der Waals surface area contributed by atoms with Gasteiger partial charge in [-0.25, -0.2) is 0 Å². The molecule has 0 aromatic heterocycles. The molecule has 0 saturated heterocycles. The van der Waals surface area contributed by atoms with Gasteiger partial charge >= 0.3 is 0 Å². The van der Waals surface area contributed by atoms with Gasteiger partial charge in [0.2, 0.25) is 0 Å². The number of ether oxygens (including phenoxy) is 2. The van der Waals surface area contributed by atoms with Gasteiger partial charge in [0.15, 0.2) is 11.5 Å². The smallest absolute Gasteiger partial charge is 0.161 e. The van der Waals surface area contributed by atoms with Crippen LogP contribution in [0.25, 0.3) is 0 Å². The fourth-order valence-electron chi connectivity index (χ4n) is 2.41. The molecule has 0 saturated carbocycles.